The van der Waals surface area contributed by atoms with Crippen LogP contribution in [0.5, 0.6) is 5.75 Å². The van der Waals surface area contributed by atoms with E-state index in [1.54, 1.807) is 13.2 Å². The van der Waals surface area contributed by atoms with E-state index < -0.39 is 0 Å². The normalized spacial score (nSPS) is 15.4. The monoisotopic (exact) mass is 422 g/mol. The first-order valence-corrected chi connectivity index (χ1v) is 10.2. The van der Waals surface area contributed by atoms with Gasteiger partial charge in [-0.15, -0.1) is 0 Å². The van der Waals surface area contributed by atoms with Crippen molar-refractivity contribution in [3.05, 3.63) is 58.1 Å². The van der Waals surface area contributed by atoms with Crippen molar-refractivity contribution in [3.8, 4) is 5.75 Å². The lowest BCUT2D eigenvalue weighted by Gasteiger charge is -2.36. The van der Waals surface area contributed by atoms with Crippen LogP contribution >= 0.6 is 23.2 Å². The Morgan fingerprint density at radius 2 is 1.79 bits per heavy atom. The number of halogens is 2. The van der Waals surface area contributed by atoms with Gasteiger partial charge in [0, 0.05) is 42.5 Å². The highest BCUT2D eigenvalue weighted by Gasteiger charge is 2.23. The van der Waals surface area contributed by atoms with E-state index in [1.807, 2.05) is 41.4 Å². The van der Waals surface area contributed by atoms with Crippen LogP contribution in [-0.2, 0) is 4.79 Å². The Labute approximate surface area is 176 Å². The zero-order chi connectivity index (χ0) is 20.1. The molecule has 1 saturated heterocycles. The van der Waals surface area contributed by atoms with Crippen molar-refractivity contribution in [1.82, 2.24) is 4.90 Å². The van der Waals surface area contributed by atoms with Gasteiger partial charge in [-0.1, -0.05) is 29.3 Å². The number of nitrogens with zero attached hydrogens (tertiary/aromatic N) is 2. The Balaban J connectivity index is 1.48. The Hall–Kier alpha value is -1.95. The molecule has 0 radical (unpaired) electrons. The van der Waals surface area contributed by atoms with Crippen molar-refractivity contribution >= 4 is 34.8 Å². The number of anilines is 1. The first kappa shape index (κ1) is 20.8. The van der Waals surface area contributed by atoms with Crippen LogP contribution in [0.15, 0.2) is 42.5 Å². The third-order valence-electron chi connectivity index (χ3n) is 5.17. The van der Waals surface area contributed by atoms with Gasteiger partial charge in [0.25, 0.3) is 5.91 Å². The topological polar surface area (TPSA) is 49.4 Å². The molecule has 0 bridgehead atoms. The zero-order valence-corrected chi connectivity index (χ0v) is 17.7. The molecule has 0 unspecified atom stereocenters. The van der Waals surface area contributed by atoms with Gasteiger partial charge in [0.15, 0.2) is 6.54 Å². The minimum atomic E-state index is 0.0919. The van der Waals surface area contributed by atoms with Crippen LogP contribution in [0.25, 0.3) is 0 Å². The number of nitrogens with two attached hydrogens (primary N) is 1. The smallest absolute Gasteiger partial charge is 0.277 e. The molecule has 150 valence electrons. The molecule has 7 heteroatoms. The van der Waals surface area contributed by atoms with Gasteiger partial charge in [-0.3, -0.25) is 4.79 Å². The SMILES string of the molecule is COc1ccc(N2CCN(C(=O)C[NH2+][C@H](C)c3ccc(Cl)cc3Cl)CC2)cc1. The Bertz CT molecular complexity index is 806. The van der Waals surface area contributed by atoms with Gasteiger partial charge in [0.2, 0.25) is 0 Å². The fourth-order valence-electron chi connectivity index (χ4n) is 3.41. The molecule has 2 aromatic carbocycles. The van der Waals surface area contributed by atoms with E-state index >= 15 is 0 Å². The summed E-state index contributed by atoms with van der Waals surface area (Å²) < 4.78 is 5.21. The standard InChI is InChI=1S/C21H25Cl2N3O2/c1-15(19-8-3-16(22)13-20(19)23)24-14-21(27)26-11-9-25(10-12-26)17-4-6-18(28-2)7-5-17/h3-8,13,15,24H,9-12,14H2,1-2H3/p+1/t15-/m1/s1. The maximum Gasteiger partial charge on any atom is 0.277 e. The number of amides is 1. The molecule has 28 heavy (non-hydrogen) atoms. The number of rotatable bonds is 6. The molecule has 2 N–H and O–H groups in total. The molecule has 5 nitrogen and oxygen atoms in total. The number of piperazine rings is 1. The molecule has 0 saturated carbocycles. The maximum absolute atomic E-state index is 12.6. The van der Waals surface area contributed by atoms with Gasteiger partial charge in [-0.05, 0) is 43.3 Å². The third-order valence-corrected chi connectivity index (χ3v) is 5.73. The van der Waals surface area contributed by atoms with Crippen molar-refractivity contribution in [2.75, 3.05) is 44.7 Å². The van der Waals surface area contributed by atoms with E-state index in [2.05, 4.69) is 17.0 Å². The van der Waals surface area contributed by atoms with Crippen LogP contribution in [0.2, 0.25) is 10.0 Å². The van der Waals surface area contributed by atoms with E-state index in [1.165, 1.54) is 0 Å². The summed E-state index contributed by atoms with van der Waals surface area (Å²) in [7, 11) is 1.66. The Morgan fingerprint density at radius 3 is 2.39 bits per heavy atom. The summed E-state index contributed by atoms with van der Waals surface area (Å²) >= 11 is 12.2. The lowest BCUT2D eigenvalue weighted by Crippen LogP contribution is -2.87. The molecule has 1 atom stereocenters. The van der Waals surface area contributed by atoms with E-state index in [9.17, 15) is 4.79 Å². The molecule has 1 aliphatic heterocycles. The van der Waals surface area contributed by atoms with Crippen molar-refractivity contribution in [3.63, 3.8) is 0 Å². The number of methoxy groups -OCH3 is 1. The van der Waals surface area contributed by atoms with E-state index in [0.717, 1.165) is 43.2 Å². The number of carbonyl (C=O) groups is 1. The number of hydrogen-bond donors (Lipinski definition) is 1. The van der Waals surface area contributed by atoms with Gasteiger partial charge < -0.3 is 19.9 Å². The molecule has 1 heterocycles. The molecule has 1 fully saturated rings. The summed E-state index contributed by atoms with van der Waals surface area (Å²) in [4.78, 5) is 16.8. The third kappa shape index (κ3) is 5.10. The largest absolute Gasteiger partial charge is 0.497 e. The fourth-order valence-corrected chi connectivity index (χ4v) is 3.99. The van der Waals surface area contributed by atoms with Crippen LogP contribution < -0.4 is 15.0 Å². The number of ether oxygens (including phenoxy) is 1. The van der Waals surface area contributed by atoms with E-state index in [0.29, 0.717) is 16.6 Å². The zero-order valence-electron chi connectivity index (χ0n) is 16.2. The Kier molecular flexibility index (Phi) is 7.05. The first-order chi connectivity index (χ1) is 13.5. The second-order valence-electron chi connectivity index (χ2n) is 6.96. The summed E-state index contributed by atoms with van der Waals surface area (Å²) in [5.41, 5.74) is 2.15. The summed E-state index contributed by atoms with van der Waals surface area (Å²) in [6.45, 7) is 5.57. The second kappa shape index (κ2) is 9.50. The predicted molar refractivity (Wildman–Crippen MR) is 113 cm³/mol. The van der Waals surface area contributed by atoms with Crippen LogP contribution in [-0.4, -0.2) is 50.6 Å². The second-order valence-corrected chi connectivity index (χ2v) is 7.80. The molecular formula is C21H26Cl2N3O2+. The number of benzene rings is 2. The Morgan fingerprint density at radius 1 is 1.11 bits per heavy atom. The molecule has 0 aliphatic carbocycles. The van der Waals surface area contributed by atoms with Crippen molar-refractivity contribution in [2.24, 2.45) is 0 Å². The lowest BCUT2D eigenvalue weighted by atomic mass is 10.1. The van der Waals surface area contributed by atoms with E-state index in [4.69, 9.17) is 27.9 Å². The average Bonchev–Trinajstić information content (AvgIpc) is 2.72. The fraction of sp³-hybridized carbons (Fsp3) is 0.381. The molecular weight excluding hydrogens is 397 g/mol. The van der Waals surface area contributed by atoms with Gasteiger partial charge >= 0.3 is 0 Å². The quantitative estimate of drug-likeness (QED) is 0.778. The molecule has 1 aliphatic rings. The van der Waals surface area contributed by atoms with Crippen LogP contribution in [0.3, 0.4) is 0 Å². The minimum absolute atomic E-state index is 0.0919. The minimum Gasteiger partial charge on any atom is -0.497 e. The van der Waals surface area contributed by atoms with Crippen LogP contribution in [0.4, 0.5) is 5.69 Å². The van der Waals surface area contributed by atoms with Crippen molar-refractivity contribution in [1.29, 1.82) is 0 Å². The van der Waals surface area contributed by atoms with Crippen LogP contribution in [0.1, 0.15) is 18.5 Å². The van der Waals surface area contributed by atoms with Gasteiger partial charge in [-0.25, -0.2) is 0 Å². The molecule has 3 rings (SSSR count). The highest BCUT2D eigenvalue weighted by molar-refractivity contribution is 6.35. The van der Waals surface area contributed by atoms with Crippen LogP contribution in [0, 0.1) is 0 Å². The summed E-state index contributed by atoms with van der Waals surface area (Å²) in [6, 6.07) is 13.6. The van der Waals surface area contributed by atoms with Gasteiger partial charge in [0.05, 0.1) is 12.1 Å². The summed E-state index contributed by atoms with van der Waals surface area (Å²) in [5, 5.41) is 3.27. The van der Waals surface area contributed by atoms with E-state index in [-0.39, 0.29) is 11.9 Å². The molecule has 0 aromatic heterocycles. The lowest BCUT2D eigenvalue weighted by molar-refractivity contribution is -0.683. The highest BCUT2D eigenvalue weighted by Crippen LogP contribution is 2.24. The number of hydrogen-bond acceptors (Lipinski definition) is 3. The highest BCUT2D eigenvalue weighted by atomic mass is 35.5. The summed E-state index contributed by atoms with van der Waals surface area (Å²) in [5.74, 6) is 1.01. The van der Waals surface area contributed by atoms with Gasteiger partial charge in [0.1, 0.15) is 11.8 Å². The molecule has 0 spiro atoms. The summed E-state index contributed by atoms with van der Waals surface area (Å²) in [6.07, 6.45) is 0. The van der Waals surface area contributed by atoms with Crippen molar-refractivity contribution < 1.29 is 14.8 Å². The predicted octanol–water partition coefficient (Wildman–Crippen LogP) is 2.98. The van der Waals surface area contributed by atoms with Gasteiger partial charge in [-0.2, -0.15) is 0 Å². The molecule has 1 amide bonds. The molecule has 2 aromatic rings. The maximum atomic E-state index is 12.6. The number of quaternary nitrogens is 1. The average molecular weight is 423 g/mol. The van der Waals surface area contributed by atoms with Crippen molar-refractivity contribution in [2.45, 2.75) is 13.0 Å². The number of carbonyl (C=O) groups excluding carboxylic acids is 1. The first-order valence-electron chi connectivity index (χ1n) is 9.43.